The number of carbonyl (C=O) groups excluding carboxylic acids is 2. The second kappa shape index (κ2) is 10.6. The molecular formula is C15H29N3O3. The van der Waals surface area contributed by atoms with E-state index in [-0.39, 0.29) is 24.3 Å². The summed E-state index contributed by atoms with van der Waals surface area (Å²) in [5.74, 6) is 4.94. The van der Waals surface area contributed by atoms with Gasteiger partial charge in [0.15, 0.2) is 0 Å². The lowest BCUT2D eigenvalue weighted by Gasteiger charge is -2.30. The molecule has 0 radical (unpaired) electrons. The van der Waals surface area contributed by atoms with Gasteiger partial charge in [0.05, 0.1) is 0 Å². The quantitative estimate of drug-likeness (QED) is 0.290. The van der Waals surface area contributed by atoms with Crippen molar-refractivity contribution >= 4 is 11.8 Å². The molecule has 0 aliphatic carbocycles. The van der Waals surface area contributed by atoms with Gasteiger partial charge in [0.25, 0.3) is 0 Å². The maximum Gasteiger partial charge on any atom is 0.248 e. The molecule has 1 rings (SSSR count). The summed E-state index contributed by atoms with van der Waals surface area (Å²) in [5, 5.41) is 0. The number of unbranched alkanes of at least 4 members (excludes halogenated alkanes) is 4. The number of nitrogens with zero attached hydrogens (tertiary/aromatic N) is 1. The molecule has 0 spiro atoms. The van der Waals surface area contributed by atoms with E-state index in [1.165, 1.54) is 25.7 Å². The number of amides is 2. The van der Waals surface area contributed by atoms with Crippen molar-refractivity contribution in [3.63, 3.8) is 0 Å². The molecule has 0 aromatic heterocycles. The van der Waals surface area contributed by atoms with Crippen LogP contribution in [0.2, 0.25) is 0 Å². The van der Waals surface area contributed by atoms with Gasteiger partial charge in [-0.05, 0) is 19.3 Å². The summed E-state index contributed by atoms with van der Waals surface area (Å²) in [5.41, 5.74) is 2.17. The summed E-state index contributed by atoms with van der Waals surface area (Å²) < 4.78 is 5.43. The highest BCUT2D eigenvalue weighted by Gasteiger charge is 2.26. The molecule has 122 valence electrons. The standard InChI is InChI=1S/C15H29N3O3/c1-2-3-4-5-6-11-21-12-14(19)18-9-7-13(8-10-18)15(20)17-16/h13H,2-12,16H2,1H3,(H,17,20). The summed E-state index contributed by atoms with van der Waals surface area (Å²) in [6, 6.07) is 0. The molecule has 21 heavy (non-hydrogen) atoms. The Bertz CT molecular complexity index is 315. The minimum atomic E-state index is -0.134. The molecule has 3 N–H and O–H groups in total. The van der Waals surface area contributed by atoms with Crippen LogP contribution in [-0.2, 0) is 14.3 Å². The first-order valence-corrected chi connectivity index (χ1v) is 8.05. The second-order valence-electron chi connectivity index (χ2n) is 5.63. The fourth-order valence-corrected chi connectivity index (χ4v) is 2.57. The highest BCUT2D eigenvalue weighted by molar-refractivity contribution is 5.80. The van der Waals surface area contributed by atoms with Crippen LogP contribution < -0.4 is 11.3 Å². The first-order valence-electron chi connectivity index (χ1n) is 8.05. The molecule has 1 aliphatic rings. The van der Waals surface area contributed by atoms with E-state index in [0.29, 0.717) is 32.5 Å². The lowest BCUT2D eigenvalue weighted by atomic mass is 9.96. The van der Waals surface area contributed by atoms with Crippen molar-refractivity contribution in [2.75, 3.05) is 26.3 Å². The lowest BCUT2D eigenvalue weighted by molar-refractivity contribution is -0.139. The minimum absolute atomic E-state index is 0.0233. The Labute approximate surface area is 127 Å². The number of carbonyl (C=O) groups is 2. The number of piperidine rings is 1. The van der Waals surface area contributed by atoms with Gasteiger partial charge in [-0.2, -0.15) is 0 Å². The number of ether oxygens (including phenoxy) is 1. The van der Waals surface area contributed by atoms with E-state index < -0.39 is 0 Å². The Morgan fingerprint density at radius 2 is 1.86 bits per heavy atom. The average molecular weight is 299 g/mol. The summed E-state index contributed by atoms with van der Waals surface area (Å²) in [7, 11) is 0. The van der Waals surface area contributed by atoms with Crippen LogP contribution in [0.25, 0.3) is 0 Å². The number of rotatable bonds is 9. The Morgan fingerprint density at radius 1 is 1.19 bits per heavy atom. The summed E-state index contributed by atoms with van der Waals surface area (Å²) in [6.45, 7) is 4.21. The molecular weight excluding hydrogens is 270 g/mol. The van der Waals surface area contributed by atoms with Crippen LogP contribution in [0.3, 0.4) is 0 Å². The predicted octanol–water partition coefficient (Wildman–Crippen LogP) is 1.20. The Hall–Kier alpha value is -1.14. The Morgan fingerprint density at radius 3 is 2.48 bits per heavy atom. The fraction of sp³-hybridized carbons (Fsp3) is 0.867. The van der Waals surface area contributed by atoms with Gasteiger partial charge in [-0.25, -0.2) is 5.84 Å². The van der Waals surface area contributed by atoms with Gasteiger partial charge in [0, 0.05) is 25.6 Å². The molecule has 1 heterocycles. The molecule has 1 fully saturated rings. The smallest absolute Gasteiger partial charge is 0.248 e. The average Bonchev–Trinajstić information content (AvgIpc) is 2.53. The van der Waals surface area contributed by atoms with Crippen LogP contribution >= 0.6 is 0 Å². The third-order valence-corrected chi connectivity index (χ3v) is 3.98. The number of nitrogens with two attached hydrogens (primary N) is 1. The zero-order valence-corrected chi connectivity index (χ0v) is 13.1. The van der Waals surface area contributed by atoms with Gasteiger partial charge in [0.2, 0.25) is 11.8 Å². The number of nitrogens with one attached hydrogen (secondary N) is 1. The predicted molar refractivity (Wildman–Crippen MR) is 81.2 cm³/mol. The molecule has 2 amide bonds. The zero-order chi connectivity index (χ0) is 15.5. The maximum absolute atomic E-state index is 12.0. The first-order chi connectivity index (χ1) is 10.2. The van der Waals surface area contributed by atoms with E-state index >= 15 is 0 Å². The van der Waals surface area contributed by atoms with Gasteiger partial charge >= 0.3 is 0 Å². The third-order valence-electron chi connectivity index (χ3n) is 3.98. The van der Waals surface area contributed by atoms with Crippen molar-refractivity contribution in [2.45, 2.75) is 51.9 Å². The van der Waals surface area contributed by atoms with Crippen molar-refractivity contribution in [2.24, 2.45) is 11.8 Å². The largest absolute Gasteiger partial charge is 0.372 e. The molecule has 0 aromatic rings. The molecule has 1 aliphatic heterocycles. The summed E-state index contributed by atoms with van der Waals surface area (Å²) >= 11 is 0. The van der Waals surface area contributed by atoms with Crippen molar-refractivity contribution in [1.29, 1.82) is 0 Å². The van der Waals surface area contributed by atoms with Crippen molar-refractivity contribution in [3.8, 4) is 0 Å². The highest BCUT2D eigenvalue weighted by atomic mass is 16.5. The molecule has 1 saturated heterocycles. The van der Waals surface area contributed by atoms with Crippen LogP contribution in [0.15, 0.2) is 0 Å². The second-order valence-corrected chi connectivity index (χ2v) is 5.63. The maximum atomic E-state index is 12.0. The molecule has 0 unspecified atom stereocenters. The molecule has 6 heteroatoms. The third kappa shape index (κ3) is 6.91. The Kier molecular flexibility index (Phi) is 9.01. The van der Waals surface area contributed by atoms with Crippen LogP contribution in [0.5, 0.6) is 0 Å². The Balaban J connectivity index is 2.07. The van der Waals surface area contributed by atoms with Crippen LogP contribution in [0.4, 0.5) is 0 Å². The van der Waals surface area contributed by atoms with E-state index in [0.717, 1.165) is 6.42 Å². The summed E-state index contributed by atoms with van der Waals surface area (Å²) in [4.78, 5) is 25.1. The van der Waals surface area contributed by atoms with Gasteiger partial charge in [0.1, 0.15) is 6.61 Å². The number of hydrogen-bond donors (Lipinski definition) is 2. The first kappa shape index (κ1) is 17.9. The molecule has 0 atom stereocenters. The van der Waals surface area contributed by atoms with Gasteiger partial charge in [-0.15, -0.1) is 0 Å². The van der Waals surface area contributed by atoms with E-state index in [4.69, 9.17) is 10.6 Å². The zero-order valence-electron chi connectivity index (χ0n) is 13.1. The van der Waals surface area contributed by atoms with E-state index in [9.17, 15) is 9.59 Å². The van der Waals surface area contributed by atoms with E-state index in [1.54, 1.807) is 4.90 Å². The SMILES string of the molecule is CCCCCCCOCC(=O)N1CCC(C(=O)NN)CC1. The number of hydrogen-bond acceptors (Lipinski definition) is 4. The van der Waals surface area contributed by atoms with Gasteiger partial charge in [-0.3, -0.25) is 15.0 Å². The van der Waals surface area contributed by atoms with E-state index in [1.807, 2.05) is 0 Å². The van der Waals surface area contributed by atoms with Gasteiger partial charge in [-0.1, -0.05) is 32.6 Å². The minimum Gasteiger partial charge on any atom is -0.372 e. The molecule has 6 nitrogen and oxygen atoms in total. The van der Waals surface area contributed by atoms with Crippen molar-refractivity contribution in [3.05, 3.63) is 0 Å². The topological polar surface area (TPSA) is 84.7 Å². The van der Waals surface area contributed by atoms with Crippen LogP contribution in [-0.4, -0.2) is 43.0 Å². The number of hydrazine groups is 1. The monoisotopic (exact) mass is 299 g/mol. The number of likely N-dealkylation sites (tertiary alicyclic amines) is 1. The van der Waals surface area contributed by atoms with Crippen molar-refractivity contribution < 1.29 is 14.3 Å². The van der Waals surface area contributed by atoms with Crippen LogP contribution in [0.1, 0.15) is 51.9 Å². The molecule has 0 bridgehead atoms. The van der Waals surface area contributed by atoms with Crippen LogP contribution in [0, 0.1) is 5.92 Å². The molecule has 0 aromatic carbocycles. The normalized spacial score (nSPS) is 16.0. The fourth-order valence-electron chi connectivity index (χ4n) is 2.57. The summed E-state index contributed by atoms with van der Waals surface area (Å²) in [6.07, 6.45) is 7.28. The highest BCUT2D eigenvalue weighted by Crippen LogP contribution is 2.17. The lowest BCUT2D eigenvalue weighted by Crippen LogP contribution is -2.45. The van der Waals surface area contributed by atoms with Gasteiger partial charge < -0.3 is 9.64 Å². The molecule has 0 saturated carbocycles. The van der Waals surface area contributed by atoms with Crippen molar-refractivity contribution in [1.82, 2.24) is 10.3 Å². The van der Waals surface area contributed by atoms with E-state index in [2.05, 4.69) is 12.3 Å².